The van der Waals surface area contributed by atoms with E-state index in [0.29, 0.717) is 51.4 Å². The summed E-state index contributed by atoms with van der Waals surface area (Å²) in [4.78, 5) is 0. The van der Waals surface area contributed by atoms with E-state index in [4.69, 9.17) is 14.2 Å². The molecule has 5 heteroatoms. The van der Waals surface area contributed by atoms with Gasteiger partial charge in [-0.15, -0.1) is 0 Å². The van der Waals surface area contributed by atoms with Crippen molar-refractivity contribution in [3.63, 3.8) is 0 Å². The zero-order valence-electron chi connectivity index (χ0n) is 11.2. The molecule has 4 rings (SSSR count). The van der Waals surface area contributed by atoms with Crippen LogP contribution in [0.3, 0.4) is 0 Å². The minimum atomic E-state index is -1.24. The quantitative estimate of drug-likeness (QED) is 0.852. The number of aliphatic hydroxyl groups is 1. The fourth-order valence-electron chi connectivity index (χ4n) is 2.99. The first kappa shape index (κ1) is 13.5. The van der Waals surface area contributed by atoms with Crippen LogP contribution in [-0.4, -0.2) is 42.4 Å². The summed E-state index contributed by atoms with van der Waals surface area (Å²) in [5.74, 6) is -0.0322. The van der Waals surface area contributed by atoms with Gasteiger partial charge in [-0.1, -0.05) is 6.92 Å². The Morgan fingerprint density at radius 2 is 1.95 bits per heavy atom. The van der Waals surface area contributed by atoms with Gasteiger partial charge >= 0.3 is 0 Å². The maximum Gasteiger partial charge on any atom is 0.180 e. The minimum Gasteiger partial charge on any atom is -0.383 e. The molecule has 1 N–H and O–H groups in total. The van der Waals surface area contributed by atoms with Crippen LogP contribution in [0.25, 0.3) is 0 Å². The lowest BCUT2D eigenvalue weighted by atomic mass is 9.69. The van der Waals surface area contributed by atoms with Crippen LogP contribution in [0, 0.1) is 5.92 Å². The highest BCUT2D eigenvalue weighted by atomic mass is 19.1. The van der Waals surface area contributed by atoms with Gasteiger partial charge in [-0.25, -0.2) is 4.39 Å². The van der Waals surface area contributed by atoms with Crippen molar-refractivity contribution < 1.29 is 23.7 Å². The first-order valence-corrected chi connectivity index (χ1v) is 7.00. The molecule has 1 saturated carbocycles. The molecule has 108 valence electrons. The van der Waals surface area contributed by atoms with E-state index in [-0.39, 0.29) is 6.29 Å². The topological polar surface area (TPSA) is 47.9 Å². The van der Waals surface area contributed by atoms with Gasteiger partial charge in [0.25, 0.3) is 0 Å². The van der Waals surface area contributed by atoms with E-state index >= 15 is 0 Å². The molecule has 3 aliphatic carbocycles. The van der Waals surface area contributed by atoms with E-state index in [1.54, 1.807) is 0 Å². The number of halogens is 1. The summed E-state index contributed by atoms with van der Waals surface area (Å²) < 4.78 is 30.7. The fraction of sp³-hybridized carbons (Fsp3) is 0.857. The summed E-state index contributed by atoms with van der Waals surface area (Å²) in [6.45, 7) is 3.72. The standard InChI is InChI=1S/C14H21FO4/c1-10-7-17-12(18-8-10)9-19-13-2-4-14(16,5-3-13)11(15)6-13/h6,10,12,16H,2-5,7-9H2,1H3. The van der Waals surface area contributed by atoms with Gasteiger partial charge in [-0.05, 0) is 31.8 Å². The fourth-order valence-corrected chi connectivity index (χ4v) is 2.99. The number of hydrogen-bond donors (Lipinski definition) is 1. The maximum absolute atomic E-state index is 13.8. The van der Waals surface area contributed by atoms with E-state index in [2.05, 4.69) is 6.92 Å². The minimum absolute atomic E-state index is 0.314. The van der Waals surface area contributed by atoms with Gasteiger partial charge in [0.05, 0.1) is 25.4 Å². The lowest BCUT2D eigenvalue weighted by molar-refractivity contribution is -0.236. The summed E-state index contributed by atoms with van der Waals surface area (Å²) in [5.41, 5.74) is -1.82. The molecule has 0 atom stereocenters. The molecule has 4 nitrogen and oxygen atoms in total. The van der Waals surface area contributed by atoms with Crippen LogP contribution in [0.4, 0.5) is 4.39 Å². The van der Waals surface area contributed by atoms with Gasteiger partial charge in [0.2, 0.25) is 0 Å². The number of ether oxygens (including phenoxy) is 3. The molecule has 4 aliphatic rings. The molecule has 0 aromatic carbocycles. The zero-order chi connectivity index (χ0) is 13.5. The second-order valence-corrected chi connectivity index (χ2v) is 6.10. The van der Waals surface area contributed by atoms with Crippen molar-refractivity contribution >= 4 is 0 Å². The van der Waals surface area contributed by atoms with E-state index in [1.807, 2.05) is 0 Å². The molecule has 2 bridgehead atoms. The predicted octanol–water partition coefficient (Wildman–Crippen LogP) is 1.92. The molecule has 1 heterocycles. The van der Waals surface area contributed by atoms with Crippen LogP contribution in [0.2, 0.25) is 0 Å². The molecular formula is C14H21FO4. The Labute approximate surface area is 112 Å². The van der Waals surface area contributed by atoms with E-state index in [0.717, 1.165) is 0 Å². The lowest BCUT2D eigenvalue weighted by Crippen LogP contribution is -2.50. The Morgan fingerprint density at radius 1 is 1.32 bits per heavy atom. The second kappa shape index (κ2) is 4.81. The predicted molar refractivity (Wildman–Crippen MR) is 66.1 cm³/mol. The molecule has 0 amide bonds. The van der Waals surface area contributed by atoms with Crippen LogP contribution in [-0.2, 0) is 14.2 Å². The van der Waals surface area contributed by atoms with Gasteiger partial charge < -0.3 is 19.3 Å². The van der Waals surface area contributed by atoms with Gasteiger partial charge in [0.1, 0.15) is 11.4 Å². The van der Waals surface area contributed by atoms with Crippen LogP contribution in [0.5, 0.6) is 0 Å². The second-order valence-electron chi connectivity index (χ2n) is 6.10. The zero-order valence-corrected chi connectivity index (χ0v) is 11.2. The first-order chi connectivity index (χ1) is 9.01. The normalized spacial score (nSPS) is 46.2. The SMILES string of the molecule is CC1COC(COC23C=C(F)C(O)(CC2)CC3)OC1. The molecule has 1 saturated heterocycles. The third-order valence-electron chi connectivity index (χ3n) is 4.40. The summed E-state index contributed by atoms with van der Waals surface area (Å²) >= 11 is 0. The molecule has 0 radical (unpaired) electrons. The van der Waals surface area contributed by atoms with Crippen molar-refractivity contribution in [1.82, 2.24) is 0 Å². The van der Waals surface area contributed by atoms with E-state index < -0.39 is 17.0 Å². The summed E-state index contributed by atoms with van der Waals surface area (Å²) in [6, 6.07) is 0. The summed E-state index contributed by atoms with van der Waals surface area (Å²) in [6.07, 6.45) is 3.26. The van der Waals surface area contributed by atoms with Crippen molar-refractivity contribution in [2.45, 2.75) is 50.1 Å². The number of hydrogen-bond acceptors (Lipinski definition) is 4. The van der Waals surface area contributed by atoms with Gasteiger partial charge in [-0.2, -0.15) is 0 Å². The van der Waals surface area contributed by atoms with Crippen LogP contribution in [0.15, 0.2) is 11.9 Å². The average molecular weight is 272 g/mol. The Bertz CT molecular complexity index is 366. The monoisotopic (exact) mass is 272 g/mol. The van der Waals surface area contributed by atoms with Gasteiger partial charge in [0.15, 0.2) is 6.29 Å². The van der Waals surface area contributed by atoms with Crippen molar-refractivity contribution in [2.24, 2.45) is 5.92 Å². The molecule has 1 aliphatic heterocycles. The largest absolute Gasteiger partial charge is 0.383 e. The first-order valence-electron chi connectivity index (χ1n) is 7.00. The molecule has 0 unspecified atom stereocenters. The molecule has 0 aromatic heterocycles. The highest BCUT2D eigenvalue weighted by molar-refractivity contribution is 5.25. The maximum atomic E-state index is 13.8. The van der Waals surface area contributed by atoms with Crippen molar-refractivity contribution in [1.29, 1.82) is 0 Å². The van der Waals surface area contributed by atoms with Gasteiger partial charge in [0, 0.05) is 5.92 Å². The molecule has 0 spiro atoms. The molecule has 2 fully saturated rings. The van der Waals surface area contributed by atoms with Crippen LogP contribution in [0.1, 0.15) is 32.6 Å². The lowest BCUT2D eigenvalue weighted by Gasteiger charge is -2.47. The average Bonchev–Trinajstić information content (AvgIpc) is 2.41. The van der Waals surface area contributed by atoms with Crippen LogP contribution < -0.4 is 0 Å². The third kappa shape index (κ3) is 2.57. The van der Waals surface area contributed by atoms with Gasteiger partial charge in [-0.3, -0.25) is 0 Å². The molecule has 0 aromatic rings. The Balaban J connectivity index is 1.58. The molecule has 19 heavy (non-hydrogen) atoms. The molecular weight excluding hydrogens is 251 g/mol. The smallest absolute Gasteiger partial charge is 0.180 e. The van der Waals surface area contributed by atoms with Crippen molar-refractivity contribution in [3.05, 3.63) is 11.9 Å². The third-order valence-corrected chi connectivity index (χ3v) is 4.40. The Hall–Kier alpha value is -0.490. The number of rotatable bonds is 3. The highest BCUT2D eigenvalue weighted by Gasteiger charge is 2.50. The summed E-state index contributed by atoms with van der Waals surface area (Å²) in [7, 11) is 0. The highest BCUT2D eigenvalue weighted by Crippen LogP contribution is 2.48. The van der Waals surface area contributed by atoms with Crippen molar-refractivity contribution in [3.8, 4) is 0 Å². The van der Waals surface area contributed by atoms with E-state index in [1.165, 1.54) is 6.08 Å². The summed E-state index contributed by atoms with van der Waals surface area (Å²) in [5, 5.41) is 10.00. The van der Waals surface area contributed by atoms with Crippen molar-refractivity contribution in [2.75, 3.05) is 19.8 Å². The Kier molecular flexibility index (Phi) is 3.41. The van der Waals surface area contributed by atoms with E-state index in [9.17, 15) is 9.50 Å². The van der Waals surface area contributed by atoms with Crippen LogP contribution >= 0.6 is 0 Å². The Morgan fingerprint density at radius 3 is 2.53 bits per heavy atom. The number of fused-ring (bicyclic) bond motifs is 2.